The SMILES string of the molecule is CCCCc1ncc(CN2CCC[C@@H]2c2nc3ccccc3s2)[nH]1. The molecule has 24 heavy (non-hydrogen) atoms. The molecule has 1 N–H and O–H groups in total. The van der Waals surface area contributed by atoms with Crippen LogP contribution in [0.2, 0.25) is 0 Å². The minimum absolute atomic E-state index is 0.449. The highest BCUT2D eigenvalue weighted by molar-refractivity contribution is 7.18. The molecular formula is C19H24N4S. The van der Waals surface area contributed by atoms with Gasteiger partial charge in [-0.2, -0.15) is 0 Å². The van der Waals surface area contributed by atoms with Crippen molar-refractivity contribution >= 4 is 21.6 Å². The second-order valence-electron chi connectivity index (χ2n) is 6.61. The molecule has 0 spiro atoms. The van der Waals surface area contributed by atoms with Crippen LogP contribution in [0.15, 0.2) is 30.5 Å². The van der Waals surface area contributed by atoms with Gasteiger partial charge in [-0.05, 0) is 37.9 Å². The highest BCUT2D eigenvalue weighted by Gasteiger charge is 2.29. The summed E-state index contributed by atoms with van der Waals surface area (Å²) in [5, 5.41) is 1.26. The Labute approximate surface area is 146 Å². The molecule has 1 aromatic carbocycles. The predicted octanol–water partition coefficient (Wildman–Crippen LogP) is 4.70. The minimum atomic E-state index is 0.449. The normalized spacial score (nSPS) is 18.6. The van der Waals surface area contributed by atoms with E-state index in [4.69, 9.17) is 4.98 Å². The minimum Gasteiger partial charge on any atom is -0.345 e. The maximum Gasteiger partial charge on any atom is 0.111 e. The largest absolute Gasteiger partial charge is 0.345 e. The topological polar surface area (TPSA) is 44.8 Å². The van der Waals surface area contributed by atoms with Gasteiger partial charge in [-0.25, -0.2) is 9.97 Å². The molecule has 0 amide bonds. The van der Waals surface area contributed by atoms with Crippen LogP contribution in [0.25, 0.3) is 10.2 Å². The van der Waals surface area contributed by atoms with Gasteiger partial charge < -0.3 is 4.98 Å². The predicted molar refractivity (Wildman–Crippen MR) is 99.2 cm³/mol. The number of imidazole rings is 1. The number of hydrogen-bond acceptors (Lipinski definition) is 4. The molecule has 1 aliphatic rings. The number of rotatable bonds is 6. The molecule has 0 unspecified atom stereocenters. The number of para-hydroxylation sites is 1. The number of hydrogen-bond donors (Lipinski definition) is 1. The van der Waals surface area contributed by atoms with Crippen LogP contribution in [0, 0.1) is 0 Å². The molecule has 1 fully saturated rings. The number of aromatic nitrogens is 3. The second kappa shape index (κ2) is 7.03. The number of unbranched alkanes of at least 4 members (excludes halogenated alkanes) is 1. The maximum absolute atomic E-state index is 4.88. The Balaban J connectivity index is 1.49. The Morgan fingerprint density at radius 1 is 1.33 bits per heavy atom. The molecule has 1 atom stereocenters. The Bertz CT molecular complexity index is 773. The summed E-state index contributed by atoms with van der Waals surface area (Å²) >= 11 is 1.85. The fourth-order valence-electron chi connectivity index (χ4n) is 3.50. The van der Waals surface area contributed by atoms with Crippen LogP contribution in [-0.2, 0) is 13.0 Å². The third-order valence-electron chi connectivity index (χ3n) is 4.78. The lowest BCUT2D eigenvalue weighted by molar-refractivity contribution is 0.245. The molecule has 1 saturated heterocycles. The van der Waals surface area contributed by atoms with Crippen LogP contribution in [0.4, 0.5) is 0 Å². The van der Waals surface area contributed by atoms with Gasteiger partial charge in [0.05, 0.1) is 16.3 Å². The van der Waals surface area contributed by atoms with Crippen molar-refractivity contribution in [2.75, 3.05) is 6.54 Å². The number of thiazole rings is 1. The third-order valence-corrected chi connectivity index (χ3v) is 5.92. The number of fused-ring (bicyclic) bond motifs is 1. The summed E-state index contributed by atoms with van der Waals surface area (Å²) in [6, 6.07) is 8.90. The molecule has 4 rings (SSSR count). The lowest BCUT2D eigenvalue weighted by Crippen LogP contribution is -2.22. The molecule has 5 heteroatoms. The zero-order valence-corrected chi connectivity index (χ0v) is 15.0. The van der Waals surface area contributed by atoms with Gasteiger partial charge in [0.15, 0.2) is 0 Å². The summed E-state index contributed by atoms with van der Waals surface area (Å²) < 4.78 is 1.29. The first-order valence-electron chi connectivity index (χ1n) is 8.96. The van der Waals surface area contributed by atoms with Gasteiger partial charge in [0.2, 0.25) is 0 Å². The summed E-state index contributed by atoms with van der Waals surface area (Å²) in [4.78, 5) is 15.5. The van der Waals surface area contributed by atoms with E-state index < -0.39 is 0 Å². The fourth-order valence-corrected chi connectivity index (χ4v) is 4.64. The van der Waals surface area contributed by atoms with Crippen LogP contribution in [0.1, 0.15) is 55.2 Å². The number of nitrogens with zero attached hydrogens (tertiary/aromatic N) is 3. The average molecular weight is 340 g/mol. The van der Waals surface area contributed by atoms with Crippen molar-refractivity contribution in [2.24, 2.45) is 0 Å². The first kappa shape index (κ1) is 15.8. The van der Waals surface area contributed by atoms with Gasteiger partial charge in [0.25, 0.3) is 0 Å². The molecule has 0 aliphatic carbocycles. The molecule has 4 nitrogen and oxygen atoms in total. The van der Waals surface area contributed by atoms with Crippen molar-refractivity contribution in [3.8, 4) is 0 Å². The lowest BCUT2D eigenvalue weighted by Gasteiger charge is -2.21. The van der Waals surface area contributed by atoms with E-state index in [0.717, 1.165) is 30.9 Å². The van der Waals surface area contributed by atoms with Crippen LogP contribution in [0.3, 0.4) is 0 Å². The van der Waals surface area contributed by atoms with Gasteiger partial charge in [0, 0.05) is 24.9 Å². The Morgan fingerprint density at radius 2 is 2.25 bits per heavy atom. The van der Waals surface area contributed by atoms with Crippen LogP contribution in [-0.4, -0.2) is 26.4 Å². The summed E-state index contributed by atoms with van der Waals surface area (Å²) in [5.74, 6) is 1.13. The fraction of sp³-hybridized carbons (Fsp3) is 0.474. The Hall–Kier alpha value is -1.72. The first-order valence-corrected chi connectivity index (χ1v) is 9.77. The molecular weight excluding hydrogens is 316 g/mol. The molecule has 3 heterocycles. The lowest BCUT2D eigenvalue weighted by atomic mass is 10.2. The van der Waals surface area contributed by atoms with E-state index in [9.17, 15) is 0 Å². The molecule has 2 aromatic heterocycles. The van der Waals surface area contributed by atoms with E-state index in [1.54, 1.807) is 0 Å². The number of aromatic amines is 1. The van der Waals surface area contributed by atoms with Crippen LogP contribution >= 0.6 is 11.3 Å². The van der Waals surface area contributed by atoms with Gasteiger partial charge in [0.1, 0.15) is 10.8 Å². The number of nitrogens with one attached hydrogen (secondary N) is 1. The Morgan fingerprint density at radius 3 is 3.12 bits per heavy atom. The van der Waals surface area contributed by atoms with E-state index in [1.165, 1.54) is 41.1 Å². The highest BCUT2D eigenvalue weighted by atomic mass is 32.1. The Kier molecular flexibility index (Phi) is 4.63. The van der Waals surface area contributed by atoms with Crippen molar-refractivity contribution in [1.82, 2.24) is 19.9 Å². The molecule has 126 valence electrons. The third kappa shape index (κ3) is 3.23. The monoisotopic (exact) mass is 340 g/mol. The number of aryl methyl sites for hydroxylation is 1. The quantitative estimate of drug-likeness (QED) is 0.707. The van der Waals surface area contributed by atoms with Gasteiger partial charge >= 0.3 is 0 Å². The molecule has 1 aliphatic heterocycles. The summed E-state index contributed by atoms with van der Waals surface area (Å²) in [5.41, 5.74) is 2.36. The molecule has 3 aromatic rings. The van der Waals surface area contributed by atoms with Crippen molar-refractivity contribution in [1.29, 1.82) is 0 Å². The average Bonchev–Trinajstić information content (AvgIpc) is 3.32. The first-order chi connectivity index (χ1) is 11.8. The summed E-state index contributed by atoms with van der Waals surface area (Å²) in [6.45, 7) is 4.31. The molecule has 0 saturated carbocycles. The summed E-state index contributed by atoms with van der Waals surface area (Å²) in [6.07, 6.45) is 7.93. The number of likely N-dealkylation sites (tertiary alicyclic amines) is 1. The van der Waals surface area contributed by atoms with Crippen LogP contribution < -0.4 is 0 Å². The van der Waals surface area contributed by atoms with Gasteiger partial charge in [-0.3, -0.25) is 4.90 Å². The van der Waals surface area contributed by atoms with Gasteiger partial charge in [-0.15, -0.1) is 11.3 Å². The highest BCUT2D eigenvalue weighted by Crippen LogP contribution is 2.37. The van der Waals surface area contributed by atoms with Gasteiger partial charge in [-0.1, -0.05) is 25.5 Å². The van der Waals surface area contributed by atoms with E-state index in [1.807, 2.05) is 17.5 Å². The smallest absolute Gasteiger partial charge is 0.111 e. The van der Waals surface area contributed by atoms with Crippen molar-refractivity contribution in [3.63, 3.8) is 0 Å². The molecule has 0 radical (unpaired) electrons. The standard InChI is InChI=1S/C19H24N4S/c1-2-3-10-18-20-12-14(21-18)13-23-11-6-8-16(23)19-22-15-7-4-5-9-17(15)24-19/h4-5,7,9,12,16H,2-3,6,8,10-11,13H2,1H3,(H,20,21)/t16-/m1/s1. The zero-order valence-electron chi connectivity index (χ0n) is 14.2. The maximum atomic E-state index is 4.88. The van der Waals surface area contributed by atoms with E-state index >= 15 is 0 Å². The van der Waals surface area contributed by atoms with E-state index in [-0.39, 0.29) is 0 Å². The second-order valence-corrected chi connectivity index (χ2v) is 7.67. The summed E-state index contributed by atoms with van der Waals surface area (Å²) in [7, 11) is 0. The van der Waals surface area contributed by atoms with E-state index in [0.29, 0.717) is 6.04 Å². The van der Waals surface area contributed by atoms with Crippen LogP contribution in [0.5, 0.6) is 0 Å². The van der Waals surface area contributed by atoms with Crippen molar-refractivity contribution in [3.05, 3.63) is 47.0 Å². The zero-order chi connectivity index (χ0) is 16.4. The molecule has 0 bridgehead atoms. The van der Waals surface area contributed by atoms with E-state index in [2.05, 4.69) is 46.1 Å². The van der Waals surface area contributed by atoms with Crippen molar-refractivity contribution < 1.29 is 0 Å². The number of H-pyrrole nitrogens is 1. The number of benzene rings is 1. The van der Waals surface area contributed by atoms with Crippen molar-refractivity contribution in [2.45, 2.75) is 51.6 Å².